The van der Waals surface area contributed by atoms with E-state index in [4.69, 9.17) is 17.3 Å². The van der Waals surface area contributed by atoms with Crippen LogP contribution in [0.15, 0.2) is 18.2 Å². The number of aromatic nitrogens is 2. The number of benzene rings is 1. The van der Waals surface area contributed by atoms with Crippen molar-refractivity contribution in [2.45, 2.75) is 6.42 Å². The first kappa shape index (κ1) is 11.2. The van der Waals surface area contributed by atoms with Crippen molar-refractivity contribution in [3.05, 3.63) is 34.6 Å². The molecule has 1 aromatic carbocycles. The smallest absolute Gasteiger partial charge is 0.222 e. The fourth-order valence-electron chi connectivity index (χ4n) is 2.09. The first-order chi connectivity index (χ1) is 8.65. The lowest BCUT2D eigenvalue weighted by molar-refractivity contribution is 0.628. The maximum absolute atomic E-state index is 13.1. The molecule has 0 unspecified atom stereocenters. The Kier molecular flexibility index (Phi) is 2.56. The van der Waals surface area contributed by atoms with Crippen LogP contribution in [0.3, 0.4) is 0 Å². The highest BCUT2D eigenvalue weighted by atomic mass is 35.5. The minimum absolute atomic E-state index is 0.179. The zero-order valence-electron chi connectivity index (χ0n) is 9.37. The molecule has 6 heteroatoms. The van der Waals surface area contributed by atoms with Gasteiger partial charge in [0, 0.05) is 17.7 Å². The first-order valence-corrected chi connectivity index (χ1v) is 5.88. The molecule has 0 spiro atoms. The fourth-order valence-corrected chi connectivity index (χ4v) is 2.35. The number of hydrogen-bond donors (Lipinski definition) is 2. The SMILES string of the molecule is Nc1nc2c(c(-c3ccc(F)cc3Cl)n1)CCN2. The summed E-state index contributed by atoms with van der Waals surface area (Å²) in [5.74, 6) is 0.539. The van der Waals surface area contributed by atoms with E-state index in [0.29, 0.717) is 16.3 Å². The third kappa shape index (κ3) is 1.76. The van der Waals surface area contributed by atoms with Crippen molar-refractivity contribution < 1.29 is 4.39 Å². The van der Waals surface area contributed by atoms with Crippen LogP contribution in [-0.4, -0.2) is 16.5 Å². The molecule has 0 fully saturated rings. The van der Waals surface area contributed by atoms with Crippen molar-refractivity contribution in [2.24, 2.45) is 0 Å². The summed E-state index contributed by atoms with van der Waals surface area (Å²) in [4.78, 5) is 8.35. The lowest BCUT2D eigenvalue weighted by Gasteiger charge is -2.09. The van der Waals surface area contributed by atoms with E-state index in [1.165, 1.54) is 12.1 Å². The highest BCUT2D eigenvalue weighted by Gasteiger charge is 2.20. The lowest BCUT2D eigenvalue weighted by atomic mass is 10.1. The van der Waals surface area contributed by atoms with Gasteiger partial charge in [-0.15, -0.1) is 0 Å². The van der Waals surface area contributed by atoms with Crippen LogP contribution in [0.5, 0.6) is 0 Å². The first-order valence-electron chi connectivity index (χ1n) is 5.51. The van der Waals surface area contributed by atoms with Gasteiger partial charge in [0.15, 0.2) is 0 Å². The van der Waals surface area contributed by atoms with Crippen LogP contribution in [0, 0.1) is 5.82 Å². The van der Waals surface area contributed by atoms with Crippen molar-refractivity contribution in [3.8, 4) is 11.3 Å². The molecule has 1 aromatic heterocycles. The van der Waals surface area contributed by atoms with E-state index in [2.05, 4.69) is 15.3 Å². The molecule has 3 N–H and O–H groups in total. The van der Waals surface area contributed by atoms with Gasteiger partial charge in [-0.3, -0.25) is 0 Å². The minimum atomic E-state index is -0.374. The van der Waals surface area contributed by atoms with Crippen LogP contribution in [0.1, 0.15) is 5.56 Å². The van der Waals surface area contributed by atoms with Gasteiger partial charge in [-0.1, -0.05) is 11.6 Å². The van der Waals surface area contributed by atoms with Gasteiger partial charge in [-0.05, 0) is 24.6 Å². The average Bonchev–Trinajstić information content (AvgIpc) is 2.76. The number of nitrogen functional groups attached to an aromatic ring is 1. The van der Waals surface area contributed by atoms with Crippen LogP contribution in [0.2, 0.25) is 5.02 Å². The van der Waals surface area contributed by atoms with E-state index >= 15 is 0 Å². The molecule has 3 rings (SSSR count). The van der Waals surface area contributed by atoms with E-state index in [9.17, 15) is 4.39 Å². The Morgan fingerprint density at radius 1 is 1.33 bits per heavy atom. The van der Waals surface area contributed by atoms with Crippen molar-refractivity contribution in [1.82, 2.24) is 9.97 Å². The molecular weight excluding hydrogens is 255 g/mol. The van der Waals surface area contributed by atoms with Crippen molar-refractivity contribution >= 4 is 23.4 Å². The van der Waals surface area contributed by atoms with Crippen molar-refractivity contribution in [2.75, 3.05) is 17.6 Å². The van der Waals surface area contributed by atoms with Gasteiger partial charge >= 0.3 is 0 Å². The standard InChI is InChI=1S/C12H10ClFN4/c13-9-5-6(14)1-2-7(9)10-8-3-4-16-11(8)18-12(15)17-10/h1-2,5H,3-4H2,(H3,15,16,17,18). The number of nitrogens with one attached hydrogen (secondary N) is 1. The third-order valence-electron chi connectivity index (χ3n) is 2.88. The van der Waals surface area contributed by atoms with E-state index in [1.54, 1.807) is 6.07 Å². The lowest BCUT2D eigenvalue weighted by Crippen LogP contribution is -2.01. The molecule has 1 aliphatic rings. The number of halogens is 2. The topological polar surface area (TPSA) is 63.8 Å². The summed E-state index contributed by atoms with van der Waals surface area (Å²) in [6.45, 7) is 0.791. The molecule has 0 aliphatic carbocycles. The number of nitrogens with two attached hydrogens (primary N) is 1. The molecule has 0 saturated heterocycles. The zero-order valence-corrected chi connectivity index (χ0v) is 10.1. The Morgan fingerprint density at radius 3 is 2.94 bits per heavy atom. The molecule has 2 aromatic rings. The Bertz CT molecular complexity index is 630. The van der Waals surface area contributed by atoms with Crippen molar-refractivity contribution in [1.29, 1.82) is 0 Å². The van der Waals surface area contributed by atoms with E-state index < -0.39 is 0 Å². The maximum atomic E-state index is 13.1. The molecule has 2 heterocycles. The Morgan fingerprint density at radius 2 is 2.17 bits per heavy atom. The largest absolute Gasteiger partial charge is 0.369 e. The highest BCUT2D eigenvalue weighted by Crippen LogP contribution is 2.34. The molecule has 92 valence electrons. The Balaban J connectivity index is 2.23. The number of hydrogen-bond acceptors (Lipinski definition) is 4. The number of rotatable bonds is 1. The van der Waals surface area contributed by atoms with Crippen LogP contribution >= 0.6 is 11.6 Å². The summed E-state index contributed by atoms with van der Waals surface area (Å²) in [6, 6.07) is 4.23. The normalized spacial score (nSPS) is 13.2. The van der Waals surface area contributed by atoms with E-state index in [1.807, 2.05) is 0 Å². The summed E-state index contributed by atoms with van der Waals surface area (Å²) >= 11 is 6.06. The molecule has 0 radical (unpaired) electrons. The quantitative estimate of drug-likeness (QED) is 0.831. The Labute approximate surface area is 108 Å². The average molecular weight is 265 g/mol. The summed E-state index contributed by atoms with van der Waals surface area (Å²) in [7, 11) is 0. The van der Waals surface area contributed by atoms with Crippen molar-refractivity contribution in [3.63, 3.8) is 0 Å². The van der Waals surface area contributed by atoms with Crippen LogP contribution in [0.4, 0.5) is 16.2 Å². The summed E-state index contributed by atoms with van der Waals surface area (Å²) in [5, 5.41) is 3.46. The molecule has 0 saturated carbocycles. The molecule has 0 amide bonds. The van der Waals surface area contributed by atoms with Gasteiger partial charge in [0.1, 0.15) is 11.6 Å². The second-order valence-electron chi connectivity index (χ2n) is 4.06. The van der Waals surface area contributed by atoms with Gasteiger partial charge in [0.2, 0.25) is 5.95 Å². The molecule has 1 aliphatic heterocycles. The molecule has 18 heavy (non-hydrogen) atoms. The van der Waals surface area contributed by atoms with E-state index in [-0.39, 0.29) is 11.8 Å². The maximum Gasteiger partial charge on any atom is 0.222 e. The van der Waals surface area contributed by atoms with Crippen LogP contribution < -0.4 is 11.1 Å². The predicted molar refractivity (Wildman–Crippen MR) is 69.0 cm³/mol. The summed E-state index contributed by atoms with van der Waals surface area (Å²) in [6.07, 6.45) is 0.804. The highest BCUT2D eigenvalue weighted by molar-refractivity contribution is 6.33. The van der Waals surface area contributed by atoms with Gasteiger partial charge < -0.3 is 11.1 Å². The summed E-state index contributed by atoms with van der Waals surface area (Å²) < 4.78 is 13.1. The van der Waals surface area contributed by atoms with Gasteiger partial charge in [0.05, 0.1) is 10.7 Å². The summed E-state index contributed by atoms with van der Waals surface area (Å²) in [5.41, 5.74) is 7.99. The number of nitrogens with zero attached hydrogens (tertiary/aromatic N) is 2. The monoisotopic (exact) mass is 264 g/mol. The van der Waals surface area contributed by atoms with Crippen LogP contribution in [-0.2, 0) is 6.42 Å². The molecule has 0 bridgehead atoms. The predicted octanol–water partition coefficient (Wildman–Crippen LogP) is 2.49. The molecule has 0 atom stereocenters. The van der Waals surface area contributed by atoms with Gasteiger partial charge in [-0.25, -0.2) is 9.37 Å². The minimum Gasteiger partial charge on any atom is -0.369 e. The van der Waals surface area contributed by atoms with Gasteiger partial charge in [-0.2, -0.15) is 4.98 Å². The van der Waals surface area contributed by atoms with Crippen LogP contribution in [0.25, 0.3) is 11.3 Å². The second kappa shape index (κ2) is 4.10. The fraction of sp³-hybridized carbons (Fsp3) is 0.167. The van der Waals surface area contributed by atoms with E-state index in [0.717, 1.165) is 24.3 Å². The van der Waals surface area contributed by atoms with Gasteiger partial charge in [0.25, 0.3) is 0 Å². The number of anilines is 2. The molecular formula is C12H10ClFN4. The third-order valence-corrected chi connectivity index (χ3v) is 3.19. The Hall–Kier alpha value is -1.88. The second-order valence-corrected chi connectivity index (χ2v) is 4.47. The molecule has 4 nitrogen and oxygen atoms in total. The number of fused-ring (bicyclic) bond motifs is 1. The zero-order chi connectivity index (χ0) is 12.7.